The second kappa shape index (κ2) is 15.2. The Morgan fingerprint density at radius 1 is 1.20 bits per heavy atom. The van der Waals surface area contributed by atoms with Crippen LogP contribution in [0.5, 0.6) is 11.5 Å². The monoisotopic (exact) mass is 803 g/mol. The van der Waals surface area contributed by atoms with Crippen LogP contribution in [0.2, 0.25) is 0 Å². The summed E-state index contributed by atoms with van der Waals surface area (Å²) in [5, 5.41) is 57.1. The number of benzene rings is 1. The molecular formula is C33H34FN7O12S2. The standard InChI is InChI=1S/C33H34FN7O12S2/c1-2-39-9-14(26(45)21-17(39)7-18(42)27(46)22(21)34)10-41(5-3-4-6-41)11-15-12-54-30-24(29(48)40(30)25(15)32(51)52)37-28(47)23(16-13-55-33(35)36-16)38-53-19(31(49)50)8-20(43)44/h7,9,13,19,24,30H,2-6,8,10-12H2,1H3,(H7-,35,36,37,38,42,43,44,45,46,47,49,50,51,52)/t19-,24?,30?/m0/s1. The third-order valence-corrected chi connectivity index (χ3v) is 11.7. The number of carbonyl (C=O) groups is 5. The number of nitrogen functional groups attached to an aromatic ring is 1. The molecule has 0 aliphatic carbocycles. The summed E-state index contributed by atoms with van der Waals surface area (Å²) in [6.45, 7) is 3.27. The van der Waals surface area contributed by atoms with Gasteiger partial charge < -0.3 is 55.3 Å². The van der Waals surface area contributed by atoms with Gasteiger partial charge >= 0.3 is 11.9 Å². The Kier molecular flexibility index (Phi) is 10.8. The van der Waals surface area contributed by atoms with Crippen molar-refractivity contribution in [1.82, 2.24) is 19.8 Å². The van der Waals surface area contributed by atoms with E-state index in [4.69, 9.17) is 15.7 Å². The fourth-order valence-corrected chi connectivity index (χ4v) is 8.98. The highest BCUT2D eigenvalue weighted by atomic mass is 32.2. The van der Waals surface area contributed by atoms with E-state index in [-0.39, 0.29) is 50.9 Å². The number of anilines is 1. The zero-order valence-electron chi connectivity index (χ0n) is 28.9. The first-order valence-electron chi connectivity index (χ1n) is 16.8. The molecule has 292 valence electrons. The molecule has 5 heterocycles. The zero-order valence-corrected chi connectivity index (χ0v) is 30.5. The number of fused-ring (bicyclic) bond motifs is 2. The number of β-lactam (4-membered cyclic amide) rings is 1. The van der Waals surface area contributed by atoms with E-state index in [2.05, 4.69) is 15.5 Å². The Hall–Kier alpha value is -5.74. The highest BCUT2D eigenvalue weighted by Crippen LogP contribution is 2.42. The molecule has 3 atom stereocenters. The van der Waals surface area contributed by atoms with Crippen molar-refractivity contribution in [3.8, 4) is 11.5 Å². The maximum absolute atomic E-state index is 15.2. The molecule has 0 saturated carbocycles. The van der Waals surface area contributed by atoms with Gasteiger partial charge in [-0.2, -0.15) is 0 Å². The normalized spacial score (nSPS) is 19.9. The second-order valence-electron chi connectivity index (χ2n) is 13.2. The molecule has 3 aliphatic rings. The largest absolute Gasteiger partial charge is 0.543 e. The smallest absolute Gasteiger partial charge is 0.348 e. The van der Waals surface area contributed by atoms with Crippen LogP contribution in [-0.2, 0) is 41.9 Å². The molecule has 2 aromatic heterocycles. The number of aryl methyl sites for hydroxylation is 1. The number of nitrogens with two attached hydrogens (primary N) is 1. The van der Waals surface area contributed by atoms with Crippen molar-refractivity contribution < 1.29 is 63.2 Å². The number of rotatable bonds is 14. The Morgan fingerprint density at radius 3 is 2.51 bits per heavy atom. The van der Waals surface area contributed by atoms with Crippen LogP contribution < -0.4 is 21.6 Å². The summed E-state index contributed by atoms with van der Waals surface area (Å²) in [5.41, 5.74) is 4.49. The summed E-state index contributed by atoms with van der Waals surface area (Å²) in [5.74, 6) is -9.62. The minimum Gasteiger partial charge on any atom is -0.543 e. The molecule has 7 N–H and O–H groups in total. The fraction of sp³-hybridized carbons (Fsp3) is 0.394. The van der Waals surface area contributed by atoms with Crippen LogP contribution in [0.4, 0.5) is 9.52 Å². The second-order valence-corrected chi connectivity index (χ2v) is 15.2. The molecule has 0 bridgehead atoms. The minimum atomic E-state index is -1.97. The number of hydrogen-bond acceptors (Lipinski definition) is 15. The molecule has 2 saturated heterocycles. The Balaban J connectivity index is 1.26. The van der Waals surface area contributed by atoms with Crippen molar-refractivity contribution in [2.75, 3.05) is 31.1 Å². The molecule has 3 aliphatic heterocycles. The van der Waals surface area contributed by atoms with Crippen LogP contribution in [0, 0.1) is 5.82 Å². The van der Waals surface area contributed by atoms with Gasteiger partial charge in [0.15, 0.2) is 28.2 Å². The minimum absolute atomic E-state index is 0.00246. The number of pyridine rings is 1. The molecule has 0 radical (unpaired) electrons. The number of nitrogens with one attached hydrogen (secondary N) is 1. The summed E-state index contributed by atoms with van der Waals surface area (Å²) in [6.07, 6.45) is 0.0681. The number of oxime groups is 1. The zero-order chi connectivity index (χ0) is 39.9. The number of phenols is 2. The number of thiazole rings is 1. The van der Waals surface area contributed by atoms with Crippen molar-refractivity contribution in [3.63, 3.8) is 0 Å². The first kappa shape index (κ1) is 39.0. The third-order valence-electron chi connectivity index (χ3n) is 9.64. The number of quaternary nitrogens is 1. The van der Waals surface area contributed by atoms with E-state index in [1.165, 1.54) is 5.38 Å². The number of carbonyl (C=O) groups excluding carboxylic acids is 3. The summed E-state index contributed by atoms with van der Waals surface area (Å²) >= 11 is 2.06. The number of amides is 2. The number of hydrogen-bond donors (Lipinski definition) is 6. The number of phenolic OH excluding ortho intramolecular Hbond substituents is 2. The molecule has 19 nitrogen and oxygen atoms in total. The Morgan fingerprint density at radius 2 is 1.91 bits per heavy atom. The van der Waals surface area contributed by atoms with E-state index in [1.807, 2.05) is 0 Å². The van der Waals surface area contributed by atoms with Crippen molar-refractivity contribution in [2.24, 2.45) is 5.16 Å². The van der Waals surface area contributed by atoms with Crippen LogP contribution in [-0.4, -0.2) is 118 Å². The van der Waals surface area contributed by atoms with Gasteiger partial charge in [0.25, 0.3) is 11.8 Å². The van der Waals surface area contributed by atoms with E-state index in [0.717, 1.165) is 46.9 Å². The maximum atomic E-state index is 15.2. The molecule has 2 unspecified atom stereocenters. The maximum Gasteiger partial charge on any atom is 0.348 e. The number of halogens is 1. The lowest BCUT2D eigenvalue weighted by atomic mass is 10.0. The third kappa shape index (κ3) is 7.38. The number of aromatic nitrogens is 2. The summed E-state index contributed by atoms with van der Waals surface area (Å²) < 4.78 is 17.0. The fourth-order valence-electron chi connectivity index (χ4n) is 7.10. The molecule has 0 spiro atoms. The number of aliphatic carboxylic acids is 3. The molecule has 1 aromatic carbocycles. The van der Waals surface area contributed by atoms with E-state index < -0.39 is 87.5 Å². The van der Waals surface area contributed by atoms with Crippen molar-refractivity contribution in [3.05, 3.63) is 56.2 Å². The number of likely N-dealkylation sites (tertiary alicyclic amines) is 1. The lowest BCUT2D eigenvalue weighted by molar-refractivity contribution is -0.925. The molecule has 3 aromatic rings. The Bertz CT molecular complexity index is 2250. The quantitative estimate of drug-likeness (QED) is 0.0393. The van der Waals surface area contributed by atoms with Gasteiger partial charge in [-0.3, -0.25) is 24.1 Å². The van der Waals surface area contributed by atoms with Gasteiger partial charge in [0.1, 0.15) is 30.2 Å². The van der Waals surface area contributed by atoms with E-state index in [0.29, 0.717) is 25.2 Å². The van der Waals surface area contributed by atoms with Crippen LogP contribution in [0.3, 0.4) is 0 Å². The number of carboxylic acids is 3. The molecule has 55 heavy (non-hydrogen) atoms. The molecule has 22 heteroatoms. The lowest BCUT2D eigenvalue weighted by Gasteiger charge is -2.51. The molecule has 6 rings (SSSR count). The SMILES string of the molecule is CCn1cc(C[N+]2(CC3=C(C(=O)[O-])N4C(=O)C(NC(=O)/C(=N\O[C@@H](CC(=O)O)C(=O)O)c5csc(N)n5)C4SC3)CCCC2)c(=O)c2c(F)c(O)c(O)cc21. The topological polar surface area (TPSA) is 287 Å². The van der Waals surface area contributed by atoms with Crippen LogP contribution in [0.15, 0.2) is 38.9 Å². The average Bonchev–Trinajstić information content (AvgIpc) is 3.78. The number of nitrogens with zero attached hydrogens (tertiary/aromatic N) is 5. The average molecular weight is 804 g/mol. The van der Waals surface area contributed by atoms with Crippen LogP contribution >= 0.6 is 23.1 Å². The highest BCUT2D eigenvalue weighted by molar-refractivity contribution is 8.00. The van der Waals surface area contributed by atoms with Crippen LogP contribution in [0.25, 0.3) is 10.9 Å². The van der Waals surface area contributed by atoms with Gasteiger partial charge in [0.2, 0.25) is 11.5 Å². The van der Waals surface area contributed by atoms with Gasteiger partial charge in [-0.25, -0.2) is 14.2 Å². The van der Waals surface area contributed by atoms with Crippen molar-refractivity contribution in [1.29, 1.82) is 0 Å². The predicted octanol–water partition coefficient (Wildman–Crippen LogP) is -0.526. The highest BCUT2D eigenvalue weighted by Gasteiger charge is 2.54. The van der Waals surface area contributed by atoms with Crippen molar-refractivity contribution in [2.45, 2.75) is 56.8 Å². The van der Waals surface area contributed by atoms with E-state index >= 15 is 4.39 Å². The van der Waals surface area contributed by atoms with Gasteiger partial charge in [-0.1, -0.05) is 5.16 Å². The number of thioether (sulfide) groups is 1. The Labute approximate surface area is 317 Å². The lowest BCUT2D eigenvalue weighted by Crippen LogP contribution is -2.71. The molecular weight excluding hydrogens is 770 g/mol. The van der Waals surface area contributed by atoms with E-state index in [1.54, 1.807) is 17.7 Å². The van der Waals surface area contributed by atoms with Crippen molar-refractivity contribution >= 4 is 74.6 Å². The predicted molar refractivity (Wildman–Crippen MR) is 190 cm³/mol. The molecule has 2 amide bonds. The first-order valence-corrected chi connectivity index (χ1v) is 18.7. The van der Waals surface area contributed by atoms with Gasteiger partial charge in [0.05, 0.1) is 47.6 Å². The first-order chi connectivity index (χ1) is 26.1. The van der Waals surface area contributed by atoms with Gasteiger partial charge in [-0.15, -0.1) is 23.1 Å². The summed E-state index contributed by atoms with van der Waals surface area (Å²) in [6, 6.07) is -0.169. The van der Waals surface area contributed by atoms with Crippen LogP contribution in [0.1, 0.15) is 37.4 Å². The van der Waals surface area contributed by atoms with Gasteiger partial charge in [0, 0.05) is 48.4 Å². The summed E-state index contributed by atoms with van der Waals surface area (Å²) in [4.78, 5) is 85.8. The van der Waals surface area contributed by atoms with Gasteiger partial charge in [-0.05, 0) is 6.92 Å². The summed E-state index contributed by atoms with van der Waals surface area (Å²) in [7, 11) is 0. The number of carboxylic acid groups (broad SMARTS) is 3. The molecule has 2 fully saturated rings. The number of aromatic hydroxyl groups is 2. The van der Waals surface area contributed by atoms with E-state index in [9.17, 15) is 49.2 Å².